The Morgan fingerprint density at radius 3 is 3.00 bits per heavy atom. The first-order chi connectivity index (χ1) is 15.5. The normalized spacial score (nSPS) is 15.9. The first-order valence-corrected chi connectivity index (χ1v) is 10.6. The Hall–Kier alpha value is -3.65. The summed E-state index contributed by atoms with van der Waals surface area (Å²) in [6, 6.07) is 4.07. The zero-order valence-electron chi connectivity index (χ0n) is 17.7. The molecule has 1 amide bonds. The molecule has 11 nitrogen and oxygen atoms in total. The van der Waals surface area contributed by atoms with E-state index in [9.17, 15) is 4.79 Å². The number of pyridine rings is 1. The van der Waals surface area contributed by atoms with E-state index in [0.29, 0.717) is 23.9 Å². The molecule has 0 aromatic carbocycles. The number of carbonyl (C=O) groups is 1. The largest absolute Gasteiger partial charge is 0.480 e. The second-order valence-corrected chi connectivity index (χ2v) is 7.64. The first kappa shape index (κ1) is 21.6. The van der Waals surface area contributed by atoms with Gasteiger partial charge >= 0.3 is 0 Å². The molecular formula is C20H22ClN9O2. The number of ether oxygens (including phenoxy) is 1. The van der Waals surface area contributed by atoms with Crippen LogP contribution >= 0.6 is 11.6 Å². The van der Waals surface area contributed by atoms with Crippen molar-refractivity contribution in [2.75, 3.05) is 41.6 Å². The summed E-state index contributed by atoms with van der Waals surface area (Å²) in [6.45, 7) is 1.57. The molecule has 12 heteroatoms. The SMILES string of the molecule is COc1nc(NC2CCCN(c3cc4c(cn3)c(NC(=O)CCl)nn4C)C2)ncc1C#N. The van der Waals surface area contributed by atoms with Crippen LogP contribution in [-0.2, 0) is 11.8 Å². The number of carbonyl (C=O) groups excluding carboxylic acids is 1. The number of halogens is 1. The number of piperidine rings is 1. The van der Waals surface area contributed by atoms with Crippen molar-refractivity contribution in [3.63, 3.8) is 0 Å². The highest BCUT2D eigenvalue weighted by atomic mass is 35.5. The van der Waals surface area contributed by atoms with Crippen molar-refractivity contribution < 1.29 is 9.53 Å². The van der Waals surface area contributed by atoms with Gasteiger partial charge in [0.1, 0.15) is 23.3 Å². The third-order valence-electron chi connectivity index (χ3n) is 5.25. The topological polar surface area (TPSA) is 134 Å². The summed E-state index contributed by atoms with van der Waals surface area (Å²) >= 11 is 5.59. The smallest absolute Gasteiger partial charge is 0.240 e. The van der Waals surface area contributed by atoms with Gasteiger partial charge in [0.2, 0.25) is 17.7 Å². The number of hydrogen-bond donors (Lipinski definition) is 2. The maximum Gasteiger partial charge on any atom is 0.240 e. The van der Waals surface area contributed by atoms with Crippen LogP contribution in [0.15, 0.2) is 18.5 Å². The lowest BCUT2D eigenvalue weighted by Crippen LogP contribution is -2.42. The summed E-state index contributed by atoms with van der Waals surface area (Å²) in [6.07, 6.45) is 5.08. The van der Waals surface area contributed by atoms with Crippen molar-refractivity contribution in [2.45, 2.75) is 18.9 Å². The third kappa shape index (κ3) is 4.36. The Bertz CT molecular complexity index is 1190. The lowest BCUT2D eigenvalue weighted by Gasteiger charge is -2.34. The van der Waals surface area contributed by atoms with Gasteiger partial charge < -0.3 is 20.3 Å². The second kappa shape index (κ2) is 9.23. The van der Waals surface area contributed by atoms with E-state index < -0.39 is 0 Å². The number of fused-ring (bicyclic) bond motifs is 1. The monoisotopic (exact) mass is 455 g/mol. The second-order valence-electron chi connectivity index (χ2n) is 7.37. The third-order valence-corrected chi connectivity index (χ3v) is 5.49. The minimum absolute atomic E-state index is 0.101. The van der Waals surface area contributed by atoms with E-state index >= 15 is 0 Å². The number of nitrogens with zero attached hydrogens (tertiary/aromatic N) is 7. The van der Waals surface area contributed by atoms with Crippen molar-refractivity contribution in [3.05, 3.63) is 24.0 Å². The van der Waals surface area contributed by atoms with E-state index in [1.165, 1.54) is 13.3 Å². The molecule has 1 aliphatic heterocycles. The molecule has 3 aromatic heterocycles. The van der Waals surface area contributed by atoms with E-state index in [1.54, 1.807) is 10.9 Å². The number of alkyl halides is 1. The Morgan fingerprint density at radius 2 is 2.25 bits per heavy atom. The molecule has 32 heavy (non-hydrogen) atoms. The van der Waals surface area contributed by atoms with Crippen LogP contribution in [0.4, 0.5) is 17.6 Å². The number of aryl methyl sites for hydroxylation is 1. The average molecular weight is 456 g/mol. The van der Waals surface area contributed by atoms with Gasteiger partial charge in [-0.25, -0.2) is 9.97 Å². The van der Waals surface area contributed by atoms with Gasteiger partial charge in [-0.15, -0.1) is 11.6 Å². The minimum Gasteiger partial charge on any atom is -0.480 e. The van der Waals surface area contributed by atoms with E-state index in [-0.39, 0.29) is 23.7 Å². The number of nitriles is 1. The summed E-state index contributed by atoms with van der Waals surface area (Å²) in [4.78, 5) is 26.9. The Kier molecular flexibility index (Phi) is 6.23. The molecular weight excluding hydrogens is 434 g/mol. The van der Waals surface area contributed by atoms with Crippen molar-refractivity contribution in [1.29, 1.82) is 5.26 Å². The van der Waals surface area contributed by atoms with Crippen LogP contribution in [0.5, 0.6) is 5.88 Å². The zero-order valence-corrected chi connectivity index (χ0v) is 18.4. The molecule has 1 fully saturated rings. The molecule has 1 saturated heterocycles. The molecule has 0 aliphatic carbocycles. The molecule has 1 atom stereocenters. The number of nitrogens with one attached hydrogen (secondary N) is 2. The molecule has 1 unspecified atom stereocenters. The quantitative estimate of drug-likeness (QED) is 0.534. The standard InChI is InChI=1S/C20H22ClN9O2/c1-29-15-6-16(23-10-14(15)18(28-29)26-17(31)7-21)30-5-3-4-13(11-30)25-20-24-9-12(8-22)19(27-20)32-2/h6,9-10,13H,3-5,7,11H2,1-2H3,(H,24,25,27)(H,26,28,31). The van der Waals surface area contributed by atoms with Crippen molar-refractivity contribution in [1.82, 2.24) is 24.7 Å². The van der Waals surface area contributed by atoms with Crippen LogP contribution in [0.25, 0.3) is 10.9 Å². The maximum absolute atomic E-state index is 11.6. The van der Waals surface area contributed by atoms with Gasteiger partial charge in [-0.3, -0.25) is 9.48 Å². The Balaban J connectivity index is 1.51. The molecule has 1 aliphatic rings. The molecule has 166 valence electrons. The Labute approximate surface area is 189 Å². The summed E-state index contributed by atoms with van der Waals surface area (Å²) < 4.78 is 6.88. The van der Waals surface area contributed by atoms with E-state index in [1.807, 2.05) is 19.2 Å². The van der Waals surface area contributed by atoms with Gasteiger partial charge in [0.05, 0.1) is 24.2 Å². The molecule has 0 saturated carbocycles. The Morgan fingerprint density at radius 1 is 1.41 bits per heavy atom. The molecule has 0 bridgehead atoms. The number of rotatable bonds is 6. The minimum atomic E-state index is -0.317. The number of hydrogen-bond acceptors (Lipinski definition) is 9. The zero-order chi connectivity index (χ0) is 22.7. The van der Waals surface area contributed by atoms with Gasteiger partial charge in [-0.1, -0.05) is 0 Å². The first-order valence-electron chi connectivity index (χ1n) is 10.0. The lowest BCUT2D eigenvalue weighted by atomic mass is 10.1. The summed E-state index contributed by atoms with van der Waals surface area (Å²) in [5, 5.41) is 20.2. The maximum atomic E-state index is 11.6. The fourth-order valence-electron chi connectivity index (χ4n) is 3.73. The van der Waals surface area contributed by atoms with Gasteiger partial charge in [-0.05, 0) is 12.8 Å². The average Bonchev–Trinajstić information content (AvgIpc) is 3.13. The number of methoxy groups -OCH3 is 1. The molecule has 3 aromatic rings. The molecule has 4 rings (SSSR count). The fourth-order valence-corrected chi connectivity index (χ4v) is 3.79. The molecule has 2 N–H and O–H groups in total. The summed E-state index contributed by atoms with van der Waals surface area (Å²) in [5.74, 6) is 1.47. The lowest BCUT2D eigenvalue weighted by molar-refractivity contribution is -0.113. The van der Waals surface area contributed by atoms with E-state index in [4.69, 9.17) is 21.6 Å². The summed E-state index contributed by atoms with van der Waals surface area (Å²) in [7, 11) is 3.29. The number of amides is 1. The van der Waals surface area contributed by atoms with Crippen molar-refractivity contribution in [3.8, 4) is 11.9 Å². The highest BCUT2D eigenvalue weighted by Gasteiger charge is 2.23. The van der Waals surface area contributed by atoms with Crippen LogP contribution in [0.3, 0.4) is 0 Å². The predicted molar refractivity (Wildman–Crippen MR) is 120 cm³/mol. The van der Waals surface area contributed by atoms with Crippen LogP contribution in [0, 0.1) is 11.3 Å². The highest BCUT2D eigenvalue weighted by Crippen LogP contribution is 2.27. The van der Waals surface area contributed by atoms with Gasteiger partial charge in [0.15, 0.2) is 5.82 Å². The van der Waals surface area contributed by atoms with E-state index in [2.05, 4.69) is 35.6 Å². The number of anilines is 3. The van der Waals surface area contributed by atoms with Crippen LogP contribution in [0.1, 0.15) is 18.4 Å². The van der Waals surface area contributed by atoms with Gasteiger partial charge in [0.25, 0.3) is 0 Å². The molecule has 0 spiro atoms. The van der Waals surface area contributed by atoms with E-state index in [0.717, 1.165) is 36.1 Å². The summed E-state index contributed by atoms with van der Waals surface area (Å²) in [5.41, 5.74) is 1.15. The number of aromatic nitrogens is 5. The van der Waals surface area contributed by atoms with Crippen LogP contribution in [0.2, 0.25) is 0 Å². The van der Waals surface area contributed by atoms with Crippen molar-refractivity contribution in [2.24, 2.45) is 7.05 Å². The van der Waals surface area contributed by atoms with Gasteiger partial charge in [0, 0.05) is 38.4 Å². The predicted octanol–water partition coefficient (Wildman–Crippen LogP) is 1.90. The van der Waals surface area contributed by atoms with Crippen LogP contribution in [-0.4, -0.2) is 62.8 Å². The fraction of sp³-hybridized carbons (Fsp3) is 0.400. The highest BCUT2D eigenvalue weighted by molar-refractivity contribution is 6.29. The molecule has 0 radical (unpaired) electrons. The molecule has 4 heterocycles. The van der Waals surface area contributed by atoms with Crippen molar-refractivity contribution >= 4 is 46.0 Å². The van der Waals surface area contributed by atoms with Crippen LogP contribution < -0.4 is 20.3 Å². The van der Waals surface area contributed by atoms with Gasteiger partial charge in [-0.2, -0.15) is 15.3 Å².